The molecule has 3 aromatic rings. The van der Waals surface area contributed by atoms with Crippen molar-refractivity contribution >= 4 is 23.0 Å². The maximum absolute atomic E-state index is 12.7. The number of Topliss-reactive ketones (excluding diaryl/α,β-unsaturated/α-hetero) is 1. The Morgan fingerprint density at radius 3 is 2.60 bits per heavy atom. The number of ether oxygens (including phenoxy) is 1. The number of carbonyl (C=O) groups excluding carboxylic acids is 2. The molecule has 0 aliphatic heterocycles. The van der Waals surface area contributed by atoms with Crippen LogP contribution in [0.15, 0.2) is 42.6 Å². The summed E-state index contributed by atoms with van der Waals surface area (Å²) in [5.41, 5.74) is 4.35. The van der Waals surface area contributed by atoms with Gasteiger partial charge in [0.05, 0.1) is 13.2 Å². The first kappa shape index (κ1) is 17.0. The summed E-state index contributed by atoms with van der Waals surface area (Å²) in [5.74, 6) is 0.739. The van der Waals surface area contributed by atoms with Gasteiger partial charge >= 0.3 is 0 Å². The molecule has 0 N–H and O–H groups in total. The standard InChI is InChI=1S/C21H21NO3/c1-4-25-18-7-8-20-19(10-18)17(13-23)11-22(20)12-21(24)16-6-5-14(2)15(3)9-16/h5-11,13H,4,12H2,1-3H3. The van der Waals surface area contributed by atoms with E-state index in [0.717, 1.165) is 34.1 Å². The molecule has 0 atom stereocenters. The lowest BCUT2D eigenvalue weighted by Gasteiger charge is -2.08. The minimum absolute atomic E-state index is 0.0198. The van der Waals surface area contributed by atoms with E-state index in [-0.39, 0.29) is 12.3 Å². The van der Waals surface area contributed by atoms with E-state index in [2.05, 4.69) is 0 Å². The Morgan fingerprint density at radius 2 is 1.92 bits per heavy atom. The van der Waals surface area contributed by atoms with E-state index in [1.54, 1.807) is 6.20 Å². The Kier molecular flexibility index (Phi) is 4.70. The van der Waals surface area contributed by atoms with Crippen LogP contribution in [0.2, 0.25) is 0 Å². The van der Waals surface area contributed by atoms with Gasteiger partial charge in [0, 0.05) is 28.2 Å². The minimum atomic E-state index is 0.0198. The molecule has 1 heterocycles. The van der Waals surface area contributed by atoms with Crippen LogP contribution in [0.4, 0.5) is 0 Å². The Hall–Kier alpha value is -2.88. The molecule has 0 saturated carbocycles. The number of nitrogens with zero attached hydrogens (tertiary/aromatic N) is 1. The van der Waals surface area contributed by atoms with Crippen molar-refractivity contribution in [2.45, 2.75) is 27.3 Å². The van der Waals surface area contributed by atoms with Gasteiger partial charge in [-0.05, 0) is 56.2 Å². The average Bonchev–Trinajstić information content (AvgIpc) is 2.94. The molecule has 0 spiro atoms. The molecule has 4 heteroatoms. The highest BCUT2D eigenvalue weighted by Gasteiger charge is 2.13. The molecular weight excluding hydrogens is 314 g/mol. The molecular formula is C21H21NO3. The predicted octanol–water partition coefficient (Wildman–Crippen LogP) is 4.35. The number of aromatic nitrogens is 1. The summed E-state index contributed by atoms with van der Waals surface area (Å²) in [4.78, 5) is 24.1. The van der Waals surface area contributed by atoms with Crippen molar-refractivity contribution in [3.8, 4) is 5.75 Å². The van der Waals surface area contributed by atoms with E-state index in [1.165, 1.54) is 0 Å². The Balaban J connectivity index is 1.96. The summed E-state index contributed by atoms with van der Waals surface area (Å²) < 4.78 is 7.33. The van der Waals surface area contributed by atoms with Crippen molar-refractivity contribution < 1.29 is 14.3 Å². The molecule has 3 rings (SSSR count). The predicted molar refractivity (Wildman–Crippen MR) is 98.7 cm³/mol. The maximum Gasteiger partial charge on any atom is 0.182 e. The molecule has 0 saturated heterocycles. The number of rotatable bonds is 6. The molecule has 0 bridgehead atoms. The van der Waals surface area contributed by atoms with Crippen LogP contribution in [0.1, 0.15) is 38.8 Å². The zero-order valence-electron chi connectivity index (χ0n) is 14.7. The topological polar surface area (TPSA) is 48.3 Å². The first-order chi connectivity index (χ1) is 12.0. The van der Waals surface area contributed by atoms with Gasteiger partial charge in [-0.1, -0.05) is 12.1 Å². The Bertz CT molecular complexity index is 953. The quantitative estimate of drug-likeness (QED) is 0.497. The second-order valence-corrected chi connectivity index (χ2v) is 6.16. The summed E-state index contributed by atoms with van der Waals surface area (Å²) in [7, 11) is 0. The molecule has 0 amide bonds. The van der Waals surface area contributed by atoms with E-state index in [0.29, 0.717) is 17.7 Å². The molecule has 0 fully saturated rings. The average molecular weight is 335 g/mol. The van der Waals surface area contributed by atoms with Gasteiger partial charge in [-0.25, -0.2) is 0 Å². The van der Waals surface area contributed by atoms with Gasteiger partial charge < -0.3 is 9.30 Å². The zero-order chi connectivity index (χ0) is 18.0. The lowest BCUT2D eigenvalue weighted by Crippen LogP contribution is -2.10. The summed E-state index contributed by atoms with van der Waals surface area (Å²) in [6.07, 6.45) is 2.54. The fourth-order valence-electron chi connectivity index (χ4n) is 2.95. The fraction of sp³-hybridized carbons (Fsp3) is 0.238. The highest BCUT2D eigenvalue weighted by molar-refractivity contribution is 6.01. The second kappa shape index (κ2) is 6.93. The SMILES string of the molecule is CCOc1ccc2c(c1)c(C=O)cn2CC(=O)c1ccc(C)c(C)c1. The van der Waals surface area contributed by atoms with Crippen molar-refractivity contribution in [3.05, 3.63) is 64.8 Å². The van der Waals surface area contributed by atoms with Crippen LogP contribution in [0.3, 0.4) is 0 Å². The molecule has 4 nitrogen and oxygen atoms in total. The van der Waals surface area contributed by atoms with Gasteiger partial charge in [0.1, 0.15) is 5.75 Å². The number of benzene rings is 2. The lowest BCUT2D eigenvalue weighted by atomic mass is 10.0. The fourth-order valence-corrected chi connectivity index (χ4v) is 2.95. The first-order valence-corrected chi connectivity index (χ1v) is 8.34. The molecule has 128 valence electrons. The second-order valence-electron chi connectivity index (χ2n) is 6.16. The van der Waals surface area contributed by atoms with Crippen LogP contribution in [0, 0.1) is 13.8 Å². The number of fused-ring (bicyclic) bond motifs is 1. The van der Waals surface area contributed by atoms with Crippen LogP contribution in [0.5, 0.6) is 5.75 Å². The molecule has 1 aromatic heterocycles. The highest BCUT2D eigenvalue weighted by atomic mass is 16.5. The lowest BCUT2D eigenvalue weighted by molar-refractivity contribution is 0.0972. The van der Waals surface area contributed by atoms with E-state index in [4.69, 9.17) is 4.74 Å². The highest BCUT2D eigenvalue weighted by Crippen LogP contribution is 2.26. The Morgan fingerprint density at radius 1 is 1.12 bits per heavy atom. The Labute approximate surface area is 147 Å². The monoisotopic (exact) mass is 335 g/mol. The molecule has 2 aromatic carbocycles. The van der Waals surface area contributed by atoms with Crippen molar-refractivity contribution in [3.63, 3.8) is 0 Å². The smallest absolute Gasteiger partial charge is 0.182 e. The van der Waals surface area contributed by atoms with Gasteiger partial charge in [0.25, 0.3) is 0 Å². The molecule has 0 radical (unpaired) electrons. The maximum atomic E-state index is 12.7. The normalized spacial score (nSPS) is 10.8. The van der Waals surface area contributed by atoms with Gasteiger partial charge in [0.15, 0.2) is 12.1 Å². The van der Waals surface area contributed by atoms with E-state index < -0.39 is 0 Å². The van der Waals surface area contributed by atoms with E-state index in [9.17, 15) is 9.59 Å². The van der Waals surface area contributed by atoms with Gasteiger partial charge in [-0.2, -0.15) is 0 Å². The third-order valence-corrected chi connectivity index (χ3v) is 4.46. The number of carbonyl (C=O) groups is 2. The van der Waals surface area contributed by atoms with Crippen molar-refractivity contribution in [2.75, 3.05) is 6.61 Å². The van der Waals surface area contributed by atoms with Gasteiger partial charge in [-0.3, -0.25) is 9.59 Å². The number of hydrogen-bond acceptors (Lipinski definition) is 3. The number of ketones is 1. The molecule has 25 heavy (non-hydrogen) atoms. The largest absolute Gasteiger partial charge is 0.494 e. The summed E-state index contributed by atoms with van der Waals surface area (Å²) >= 11 is 0. The number of aldehydes is 1. The summed E-state index contributed by atoms with van der Waals surface area (Å²) in [6, 6.07) is 11.3. The van der Waals surface area contributed by atoms with E-state index in [1.807, 2.05) is 61.7 Å². The van der Waals surface area contributed by atoms with Crippen LogP contribution in [0.25, 0.3) is 10.9 Å². The first-order valence-electron chi connectivity index (χ1n) is 8.34. The van der Waals surface area contributed by atoms with Gasteiger partial charge in [0.2, 0.25) is 0 Å². The van der Waals surface area contributed by atoms with Crippen LogP contribution in [-0.2, 0) is 6.54 Å². The van der Waals surface area contributed by atoms with Crippen molar-refractivity contribution in [1.82, 2.24) is 4.57 Å². The number of hydrogen-bond donors (Lipinski definition) is 0. The molecule has 0 aliphatic rings. The van der Waals surface area contributed by atoms with Gasteiger partial charge in [-0.15, -0.1) is 0 Å². The van der Waals surface area contributed by atoms with Crippen LogP contribution >= 0.6 is 0 Å². The third-order valence-electron chi connectivity index (χ3n) is 4.46. The third kappa shape index (κ3) is 3.33. The summed E-state index contributed by atoms with van der Waals surface area (Å²) in [6.45, 7) is 6.69. The van der Waals surface area contributed by atoms with Crippen LogP contribution < -0.4 is 4.74 Å². The van der Waals surface area contributed by atoms with Crippen molar-refractivity contribution in [1.29, 1.82) is 0 Å². The summed E-state index contributed by atoms with van der Waals surface area (Å²) in [5, 5.41) is 0.800. The van der Waals surface area contributed by atoms with Crippen molar-refractivity contribution in [2.24, 2.45) is 0 Å². The minimum Gasteiger partial charge on any atom is -0.494 e. The number of aryl methyl sites for hydroxylation is 2. The van der Waals surface area contributed by atoms with E-state index >= 15 is 0 Å². The molecule has 0 unspecified atom stereocenters. The zero-order valence-corrected chi connectivity index (χ0v) is 14.7. The molecule has 0 aliphatic carbocycles. The van der Waals surface area contributed by atoms with Crippen LogP contribution in [-0.4, -0.2) is 23.2 Å².